The molecular weight excluding hydrogens is 410 g/mol. The largest absolute Gasteiger partial charge is 0.326 e. The first-order chi connectivity index (χ1) is 16.0. The molecule has 5 rings (SSSR count). The number of nitrogens with zero attached hydrogens (tertiary/aromatic N) is 3. The van der Waals surface area contributed by atoms with Crippen molar-refractivity contribution in [3.8, 4) is 0 Å². The molecule has 1 aliphatic rings. The van der Waals surface area contributed by atoms with Gasteiger partial charge in [-0.3, -0.25) is 14.2 Å². The van der Waals surface area contributed by atoms with Gasteiger partial charge in [-0.15, -0.1) is 0 Å². The molecule has 1 aliphatic heterocycles. The van der Waals surface area contributed by atoms with Gasteiger partial charge in [-0.25, -0.2) is 4.98 Å². The minimum atomic E-state index is -0.583. The second-order valence-electron chi connectivity index (χ2n) is 9.01. The number of para-hydroxylation sites is 1. The quantitative estimate of drug-likeness (QED) is 0.445. The Kier molecular flexibility index (Phi) is 5.55. The molecule has 5 heteroatoms. The lowest BCUT2D eigenvalue weighted by Gasteiger charge is -2.42. The standard InChI is InChI=1S/C28H27N3O2/c1-19(2)25-28(33)30(18-21-13-7-4-8-14-21)24(17-20-11-5-3-6-12-20)26-29-23-16-10-9-15-22(23)27(32)31(25)26/h3-16,19,24-25H,17-18H2,1-2H3/t24-,25+/m1/s1. The molecule has 0 N–H and O–H groups in total. The summed E-state index contributed by atoms with van der Waals surface area (Å²) in [4.78, 5) is 34.5. The molecule has 1 aromatic heterocycles. The predicted molar refractivity (Wildman–Crippen MR) is 130 cm³/mol. The fraction of sp³-hybridized carbons (Fsp3) is 0.250. The molecule has 0 saturated heterocycles. The molecule has 3 aromatic carbocycles. The maximum atomic E-state index is 14.0. The minimum absolute atomic E-state index is 0.0264. The molecule has 4 aromatic rings. The van der Waals surface area contributed by atoms with Crippen molar-refractivity contribution in [1.82, 2.24) is 14.5 Å². The summed E-state index contributed by atoms with van der Waals surface area (Å²) in [6.07, 6.45) is 0.592. The highest BCUT2D eigenvalue weighted by Crippen LogP contribution is 2.37. The molecule has 0 radical (unpaired) electrons. The molecule has 0 unspecified atom stereocenters. The van der Waals surface area contributed by atoms with Gasteiger partial charge in [0.1, 0.15) is 11.9 Å². The van der Waals surface area contributed by atoms with Crippen LogP contribution >= 0.6 is 0 Å². The lowest BCUT2D eigenvalue weighted by atomic mass is 9.93. The van der Waals surface area contributed by atoms with Gasteiger partial charge in [-0.1, -0.05) is 86.6 Å². The summed E-state index contributed by atoms with van der Waals surface area (Å²) >= 11 is 0. The van der Waals surface area contributed by atoms with Gasteiger partial charge < -0.3 is 4.90 Å². The van der Waals surface area contributed by atoms with E-state index in [1.165, 1.54) is 0 Å². The average molecular weight is 438 g/mol. The molecule has 5 nitrogen and oxygen atoms in total. The van der Waals surface area contributed by atoms with E-state index < -0.39 is 6.04 Å². The van der Waals surface area contributed by atoms with E-state index >= 15 is 0 Å². The molecule has 0 bridgehead atoms. The number of carbonyl (C=O) groups excluding carboxylic acids is 1. The smallest absolute Gasteiger partial charge is 0.262 e. The zero-order chi connectivity index (χ0) is 22.9. The van der Waals surface area contributed by atoms with Gasteiger partial charge in [-0.05, 0) is 29.2 Å². The van der Waals surface area contributed by atoms with Crippen LogP contribution in [0.15, 0.2) is 89.7 Å². The van der Waals surface area contributed by atoms with Crippen LogP contribution < -0.4 is 5.56 Å². The van der Waals surface area contributed by atoms with Gasteiger partial charge in [0, 0.05) is 13.0 Å². The summed E-state index contributed by atoms with van der Waals surface area (Å²) in [7, 11) is 0. The number of hydrogen-bond donors (Lipinski definition) is 0. The van der Waals surface area contributed by atoms with Crippen LogP contribution in [0, 0.1) is 5.92 Å². The minimum Gasteiger partial charge on any atom is -0.326 e. The Bertz CT molecular complexity index is 1350. The van der Waals surface area contributed by atoms with E-state index in [1.807, 2.05) is 85.5 Å². The SMILES string of the molecule is CC(C)[C@H]1C(=O)N(Cc2ccccc2)[C@H](Cc2ccccc2)c2nc3ccccc3c(=O)n21. The zero-order valence-electron chi connectivity index (χ0n) is 18.9. The first-order valence-electron chi connectivity index (χ1n) is 11.4. The summed E-state index contributed by atoms with van der Waals surface area (Å²) in [5.74, 6) is 0.589. The number of hydrogen-bond acceptors (Lipinski definition) is 3. The van der Waals surface area contributed by atoms with Crippen molar-refractivity contribution in [3.63, 3.8) is 0 Å². The van der Waals surface area contributed by atoms with Crippen molar-refractivity contribution in [1.29, 1.82) is 0 Å². The Balaban J connectivity index is 1.73. The molecule has 0 spiro atoms. The van der Waals surface area contributed by atoms with Gasteiger partial charge in [-0.2, -0.15) is 0 Å². The van der Waals surface area contributed by atoms with Crippen LogP contribution in [0.4, 0.5) is 0 Å². The van der Waals surface area contributed by atoms with Gasteiger partial charge in [0.05, 0.1) is 16.9 Å². The van der Waals surface area contributed by atoms with E-state index in [0.29, 0.717) is 29.7 Å². The Morgan fingerprint density at radius 3 is 2.09 bits per heavy atom. The predicted octanol–water partition coefficient (Wildman–Crippen LogP) is 4.92. The van der Waals surface area contributed by atoms with E-state index in [1.54, 1.807) is 10.6 Å². The molecular formula is C28H27N3O2. The normalized spacial score (nSPS) is 18.0. The van der Waals surface area contributed by atoms with Crippen molar-refractivity contribution >= 4 is 16.8 Å². The van der Waals surface area contributed by atoms with Crippen LogP contribution in [0.25, 0.3) is 10.9 Å². The van der Waals surface area contributed by atoms with Gasteiger partial charge >= 0.3 is 0 Å². The van der Waals surface area contributed by atoms with E-state index in [4.69, 9.17) is 4.98 Å². The number of carbonyl (C=O) groups is 1. The lowest BCUT2D eigenvalue weighted by Crippen LogP contribution is -2.51. The van der Waals surface area contributed by atoms with Crippen molar-refractivity contribution in [2.45, 2.75) is 38.9 Å². The maximum absolute atomic E-state index is 14.0. The summed E-state index contributed by atoms with van der Waals surface area (Å²) in [5, 5.41) is 0.551. The van der Waals surface area contributed by atoms with E-state index in [9.17, 15) is 9.59 Å². The van der Waals surface area contributed by atoms with Crippen LogP contribution in [-0.4, -0.2) is 20.4 Å². The van der Waals surface area contributed by atoms with Crippen molar-refractivity contribution in [3.05, 3.63) is 112 Å². The van der Waals surface area contributed by atoms with Crippen LogP contribution in [0.3, 0.4) is 0 Å². The van der Waals surface area contributed by atoms with Gasteiger partial charge in [0.15, 0.2) is 0 Å². The Morgan fingerprint density at radius 2 is 1.42 bits per heavy atom. The van der Waals surface area contributed by atoms with E-state index in [2.05, 4.69) is 12.1 Å². The molecule has 0 saturated carbocycles. The monoisotopic (exact) mass is 437 g/mol. The van der Waals surface area contributed by atoms with Crippen LogP contribution in [0.1, 0.15) is 42.9 Å². The summed E-state index contributed by atoms with van der Waals surface area (Å²) in [6, 6.07) is 26.6. The summed E-state index contributed by atoms with van der Waals surface area (Å²) < 4.78 is 1.67. The highest BCUT2D eigenvalue weighted by atomic mass is 16.2. The third-order valence-corrected chi connectivity index (χ3v) is 6.42. The highest BCUT2D eigenvalue weighted by Gasteiger charge is 2.42. The van der Waals surface area contributed by atoms with Gasteiger partial charge in [0.2, 0.25) is 5.91 Å². The average Bonchev–Trinajstić information content (AvgIpc) is 2.83. The number of aromatic nitrogens is 2. The number of benzene rings is 3. The maximum Gasteiger partial charge on any atom is 0.262 e. The fourth-order valence-corrected chi connectivity index (χ4v) is 4.83. The topological polar surface area (TPSA) is 55.2 Å². The van der Waals surface area contributed by atoms with Crippen molar-refractivity contribution in [2.24, 2.45) is 5.92 Å². The molecule has 1 amide bonds. The summed E-state index contributed by atoms with van der Waals surface area (Å²) in [6.45, 7) is 4.46. The van der Waals surface area contributed by atoms with E-state index in [-0.39, 0.29) is 23.4 Å². The van der Waals surface area contributed by atoms with Crippen LogP contribution in [0.5, 0.6) is 0 Å². The lowest BCUT2D eigenvalue weighted by molar-refractivity contribution is -0.142. The Hall–Kier alpha value is -3.73. The molecule has 2 heterocycles. The zero-order valence-corrected chi connectivity index (χ0v) is 18.9. The number of rotatable bonds is 5. The third kappa shape index (κ3) is 3.84. The van der Waals surface area contributed by atoms with Crippen LogP contribution in [-0.2, 0) is 17.8 Å². The second kappa shape index (κ2) is 8.66. The Morgan fingerprint density at radius 1 is 0.818 bits per heavy atom. The molecule has 33 heavy (non-hydrogen) atoms. The number of amides is 1. The molecule has 166 valence electrons. The van der Waals surface area contributed by atoms with Crippen molar-refractivity contribution in [2.75, 3.05) is 0 Å². The first kappa shape index (κ1) is 21.1. The Labute approximate surface area is 193 Å². The second-order valence-corrected chi connectivity index (χ2v) is 9.01. The highest BCUT2D eigenvalue weighted by molar-refractivity contribution is 5.84. The van der Waals surface area contributed by atoms with Gasteiger partial charge in [0.25, 0.3) is 5.56 Å². The van der Waals surface area contributed by atoms with Crippen molar-refractivity contribution < 1.29 is 4.79 Å². The third-order valence-electron chi connectivity index (χ3n) is 6.42. The molecule has 2 atom stereocenters. The first-order valence-corrected chi connectivity index (χ1v) is 11.4. The molecule has 0 aliphatic carbocycles. The summed E-state index contributed by atoms with van der Waals surface area (Å²) in [5.41, 5.74) is 2.69. The van der Waals surface area contributed by atoms with Crippen LogP contribution in [0.2, 0.25) is 0 Å². The van der Waals surface area contributed by atoms with E-state index in [0.717, 1.165) is 11.1 Å². The number of fused-ring (bicyclic) bond motifs is 2. The fourth-order valence-electron chi connectivity index (χ4n) is 4.83. The molecule has 0 fully saturated rings.